The van der Waals surface area contributed by atoms with Crippen molar-refractivity contribution in [1.29, 1.82) is 0 Å². The van der Waals surface area contributed by atoms with Crippen molar-refractivity contribution in [3.63, 3.8) is 0 Å². The fraction of sp³-hybridized carbons (Fsp3) is 0.875. The SMILES string of the molecule is COC(=O)C(C)NCCOC1CCN(C(=O)OC(C)(C)C)CC1. The first-order valence-electron chi connectivity index (χ1n) is 8.13. The van der Waals surface area contributed by atoms with Crippen LogP contribution < -0.4 is 5.32 Å². The third-order valence-electron chi connectivity index (χ3n) is 3.55. The number of methoxy groups -OCH3 is 1. The highest BCUT2D eigenvalue weighted by molar-refractivity contribution is 5.75. The van der Waals surface area contributed by atoms with Gasteiger partial charge in [0, 0.05) is 19.6 Å². The summed E-state index contributed by atoms with van der Waals surface area (Å²) in [6.07, 6.45) is 1.48. The van der Waals surface area contributed by atoms with E-state index >= 15 is 0 Å². The van der Waals surface area contributed by atoms with Crippen LogP contribution in [0.3, 0.4) is 0 Å². The minimum absolute atomic E-state index is 0.143. The first-order valence-corrected chi connectivity index (χ1v) is 8.13. The second-order valence-electron chi connectivity index (χ2n) is 6.74. The van der Waals surface area contributed by atoms with E-state index in [2.05, 4.69) is 10.1 Å². The topological polar surface area (TPSA) is 77.1 Å². The molecular formula is C16H30N2O5. The molecule has 0 aromatic heterocycles. The molecule has 1 amide bonds. The van der Waals surface area contributed by atoms with Crippen molar-refractivity contribution in [3.8, 4) is 0 Å². The van der Waals surface area contributed by atoms with Crippen LogP contribution in [0.5, 0.6) is 0 Å². The van der Waals surface area contributed by atoms with Gasteiger partial charge in [0.15, 0.2) is 0 Å². The van der Waals surface area contributed by atoms with Gasteiger partial charge in [-0.3, -0.25) is 4.79 Å². The second kappa shape index (κ2) is 9.08. The molecule has 0 aromatic carbocycles. The van der Waals surface area contributed by atoms with Gasteiger partial charge < -0.3 is 24.4 Å². The van der Waals surface area contributed by atoms with Crippen LogP contribution in [0.15, 0.2) is 0 Å². The third-order valence-corrected chi connectivity index (χ3v) is 3.55. The zero-order valence-electron chi connectivity index (χ0n) is 14.9. The molecule has 0 bridgehead atoms. The first kappa shape index (κ1) is 19.7. The fourth-order valence-electron chi connectivity index (χ4n) is 2.29. The molecule has 1 rings (SSSR count). The number of nitrogens with one attached hydrogen (secondary N) is 1. The maximum atomic E-state index is 12.0. The molecule has 7 heteroatoms. The lowest BCUT2D eigenvalue weighted by atomic mass is 10.1. The average Bonchev–Trinajstić information content (AvgIpc) is 2.49. The third kappa shape index (κ3) is 7.65. The Bertz CT molecular complexity index is 386. The molecule has 1 unspecified atom stereocenters. The van der Waals surface area contributed by atoms with E-state index in [1.54, 1.807) is 11.8 Å². The van der Waals surface area contributed by atoms with Crippen molar-refractivity contribution in [1.82, 2.24) is 10.2 Å². The second-order valence-corrected chi connectivity index (χ2v) is 6.74. The number of nitrogens with zero attached hydrogens (tertiary/aromatic N) is 1. The Balaban J connectivity index is 2.17. The number of piperidine rings is 1. The van der Waals surface area contributed by atoms with Crippen molar-refractivity contribution in [3.05, 3.63) is 0 Å². The molecule has 1 atom stereocenters. The van der Waals surface area contributed by atoms with E-state index in [9.17, 15) is 9.59 Å². The highest BCUT2D eigenvalue weighted by Crippen LogP contribution is 2.17. The number of amides is 1. The predicted molar refractivity (Wildman–Crippen MR) is 86.3 cm³/mol. The van der Waals surface area contributed by atoms with Crippen LogP contribution in [0, 0.1) is 0 Å². The largest absolute Gasteiger partial charge is 0.468 e. The zero-order valence-corrected chi connectivity index (χ0v) is 14.9. The van der Waals surface area contributed by atoms with Gasteiger partial charge in [0.25, 0.3) is 0 Å². The zero-order chi connectivity index (χ0) is 17.5. The van der Waals surface area contributed by atoms with Gasteiger partial charge in [-0.05, 0) is 40.5 Å². The van der Waals surface area contributed by atoms with Gasteiger partial charge in [-0.15, -0.1) is 0 Å². The lowest BCUT2D eigenvalue weighted by Gasteiger charge is -2.33. The molecule has 0 aliphatic carbocycles. The molecular weight excluding hydrogens is 300 g/mol. The molecule has 7 nitrogen and oxygen atoms in total. The van der Waals surface area contributed by atoms with Crippen molar-refractivity contribution in [2.24, 2.45) is 0 Å². The lowest BCUT2D eigenvalue weighted by Crippen LogP contribution is -2.44. The fourth-order valence-corrected chi connectivity index (χ4v) is 2.29. The van der Waals surface area contributed by atoms with E-state index in [-0.39, 0.29) is 24.2 Å². The lowest BCUT2D eigenvalue weighted by molar-refractivity contribution is -0.142. The average molecular weight is 330 g/mol. The molecule has 0 spiro atoms. The van der Waals surface area contributed by atoms with Crippen molar-refractivity contribution >= 4 is 12.1 Å². The van der Waals surface area contributed by atoms with Crippen molar-refractivity contribution in [2.75, 3.05) is 33.4 Å². The monoisotopic (exact) mass is 330 g/mol. The number of esters is 1. The molecule has 0 aromatic rings. The smallest absolute Gasteiger partial charge is 0.410 e. The number of hydrogen-bond acceptors (Lipinski definition) is 6. The van der Waals surface area contributed by atoms with E-state index < -0.39 is 5.60 Å². The quantitative estimate of drug-likeness (QED) is 0.588. The van der Waals surface area contributed by atoms with Crippen LogP contribution in [0.2, 0.25) is 0 Å². The molecule has 23 heavy (non-hydrogen) atoms. The van der Waals surface area contributed by atoms with Crippen molar-refractivity contribution in [2.45, 2.75) is 58.3 Å². The summed E-state index contributed by atoms with van der Waals surface area (Å²) in [5, 5.41) is 3.04. The molecule has 1 N–H and O–H groups in total. The highest BCUT2D eigenvalue weighted by atomic mass is 16.6. The highest BCUT2D eigenvalue weighted by Gasteiger charge is 2.27. The Hall–Kier alpha value is -1.34. The number of ether oxygens (including phenoxy) is 3. The summed E-state index contributed by atoms with van der Waals surface area (Å²) < 4.78 is 15.8. The van der Waals surface area contributed by atoms with Crippen LogP contribution in [0.25, 0.3) is 0 Å². The number of hydrogen-bond donors (Lipinski definition) is 1. The Morgan fingerprint density at radius 1 is 1.26 bits per heavy atom. The molecule has 1 fully saturated rings. The summed E-state index contributed by atoms with van der Waals surface area (Å²) in [7, 11) is 1.37. The Morgan fingerprint density at radius 3 is 2.39 bits per heavy atom. The molecule has 1 heterocycles. The molecule has 1 aliphatic heterocycles. The summed E-state index contributed by atoms with van der Waals surface area (Å²) in [4.78, 5) is 24.9. The number of carbonyl (C=O) groups is 2. The van der Waals surface area contributed by atoms with E-state index in [4.69, 9.17) is 9.47 Å². The normalized spacial score (nSPS) is 17.7. The molecule has 1 saturated heterocycles. The van der Waals surface area contributed by atoms with E-state index in [0.717, 1.165) is 12.8 Å². The van der Waals surface area contributed by atoms with Crippen LogP contribution in [0.1, 0.15) is 40.5 Å². The van der Waals surface area contributed by atoms with Gasteiger partial charge in [-0.1, -0.05) is 0 Å². The maximum absolute atomic E-state index is 12.0. The van der Waals surface area contributed by atoms with Gasteiger partial charge in [-0.2, -0.15) is 0 Å². The summed E-state index contributed by atoms with van der Waals surface area (Å²) in [5.41, 5.74) is -0.466. The molecule has 1 aliphatic rings. The molecule has 134 valence electrons. The molecule has 0 saturated carbocycles. The van der Waals surface area contributed by atoms with E-state index in [1.807, 2.05) is 20.8 Å². The predicted octanol–water partition coefficient (Wildman–Crippen LogP) is 1.55. The summed E-state index contributed by atoms with van der Waals surface area (Å²) in [6.45, 7) is 9.75. The summed E-state index contributed by atoms with van der Waals surface area (Å²) in [6, 6.07) is -0.336. The van der Waals surface area contributed by atoms with Crippen molar-refractivity contribution < 1.29 is 23.8 Å². The summed E-state index contributed by atoms with van der Waals surface area (Å²) in [5.74, 6) is -0.282. The van der Waals surface area contributed by atoms with Crippen LogP contribution in [0.4, 0.5) is 4.79 Å². The van der Waals surface area contributed by atoms with Crippen LogP contribution >= 0.6 is 0 Å². The van der Waals surface area contributed by atoms with Gasteiger partial charge in [0.05, 0.1) is 19.8 Å². The number of rotatable bonds is 6. The maximum Gasteiger partial charge on any atom is 0.410 e. The Morgan fingerprint density at radius 2 is 1.87 bits per heavy atom. The minimum atomic E-state index is -0.466. The Kier molecular flexibility index (Phi) is 7.78. The first-order chi connectivity index (χ1) is 10.7. The standard InChI is InChI=1S/C16H30N2O5/c1-12(14(19)21-5)17-8-11-22-13-6-9-18(10-7-13)15(20)23-16(2,3)4/h12-13,17H,6-11H2,1-5H3. The van der Waals surface area contributed by atoms with Gasteiger partial charge in [-0.25, -0.2) is 4.79 Å². The number of likely N-dealkylation sites (tertiary alicyclic amines) is 1. The summed E-state index contributed by atoms with van der Waals surface area (Å²) >= 11 is 0. The van der Waals surface area contributed by atoms with Crippen LogP contribution in [-0.2, 0) is 19.0 Å². The van der Waals surface area contributed by atoms with Gasteiger partial charge in [0.1, 0.15) is 11.6 Å². The van der Waals surface area contributed by atoms with E-state index in [0.29, 0.717) is 26.2 Å². The minimum Gasteiger partial charge on any atom is -0.468 e. The number of carbonyl (C=O) groups excluding carboxylic acids is 2. The Labute approximate surface area is 138 Å². The van der Waals surface area contributed by atoms with E-state index in [1.165, 1.54) is 7.11 Å². The van der Waals surface area contributed by atoms with Gasteiger partial charge in [0.2, 0.25) is 0 Å². The van der Waals surface area contributed by atoms with Crippen LogP contribution in [-0.4, -0.2) is 68.1 Å². The molecule has 0 radical (unpaired) electrons. The van der Waals surface area contributed by atoms with Gasteiger partial charge >= 0.3 is 12.1 Å².